The Morgan fingerprint density at radius 1 is 1.36 bits per heavy atom. The van der Waals surface area contributed by atoms with E-state index >= 15 is 0 Å². The summed E-state index contributed by atoms with van der Waals surface area (Å²) >= 11 is 5.28. The van der Waals surface area contributed by atoms with Crippen LogP contribution in [-0.2, 0) is 4.79 Å². The second-order valence-corrected chi connectivity index (χ2v) is 3.76. The van der Waals surface area contributed by atoms with Crippen molar-refractivity contribution in [3.8, 4) is 0 Å². The summed E-state index contributed by atoms with van der Waals surface area (Å²) < 4.78 is 0. The van der Waals surface area contributed by atoms with Crippen molar-refractivity contribution in [1.82, 2.24) is 0 Å². The molecule has 0 aromatic rings. The van der Waals surface area contributed by atoms with Gasteiger partial charge in [-0.25, -0.2) is 0 Å². The van der Waals surface area contributed by atoms with Crippen molar-refractivity contribution in [2.24, 2.45) is 0 Å². The summed E-state index contributed by atoms with van der Waals surface area (Å²) in [7, 11) is 0. The van der Waals surface area contributed by atoms with Crippen molar-refractivity contribution < 1.29 is 9.90 Å². The Morgan fingerprint density at radius 2 is 2.09 bits per heavy atom. The Morgan fingerprint density at radius 3 is 2.64 bits per heavy atom. The predicted molar refractivity (Wildman–Crippen MR) is 52.3 cm³/mol. The summed E-state index contributed by atoms with van der Waals surface area (Å²) in [4.78, 5) is 10.5. The molecule has 11 heavy (non-hydrogen) atoms. The van der Waals surface area contributed by atoms with Crippen LogP contribution >= 0.6 is 24.4 Å². The lowest BCUT2D eigenvalue weighted by Gasteiger charge is -1.96. The zero-order chi connectivity index (χ0) is 8.53. The van der Waals surface area contributed by atoms with Gasteiger partial charge in [-0.3, -0.25) is 4.79 Å². The van der Waals surface area contributed by atoms with Gasteiger partial charge in [0.25, 0.3) is 0 Å². The maximum Gasteiger partial charge on any atom is 0.214 e. The smallest absolute Gasteiger partial charge is 0.214 e. The summed E-state index contributed by atoms with van der Waals surface area (Å²) in [5.74, 6) is 1.74. The number of unbranched alkanes of at least 4 members (excludes halogenated alkanes) is 2. The molecule has 0 amide bonds. The molecule has 0 rings (SSSR count). The molecule has 0 fully saturated rings. The van der Waals surface area contributed by atoms with Gasteiger partial charge in [-0.2, -0.15) is 12.6 Å². The van der Waals surface area contributed by atoms with Crippen molar-refractivity contribution in [3.05, 3.63) is 0 Å². The summed E-state index contributed by atoms with van der Waals surface area (Å²) in [5.41, 5.74) is 0. The number of aliphatic hydroxyl groups excluding tert-OH is 1. The third-order valence-electron chi connectivity index (χ3n) is 1.19. The summed E-state index contributed by atoms with van der Waals surface area (Å²) in [6, 6.07) is 0. The second kappa shape index (κ2) is 8.43. The van der Waals surface area contributed by atoms with E-state index < -0.39 is 0 Å². The first-order valence-electron chi connectivity index (χ1n) is 3.68. The van der Waals surface area contributed by atoms with E-state index in [4.69, 9.17) is 5.11 Å². The average Bonchev–Trinajstić information content (AvgIpc) is 2.04. The van der Waals surface area contributed by atoms with E-state index in [1.807, 2.05) is 0 Å². The molecular formula is C7H14O2S2. The van der Waals surface area contributed by atoms with Crippen LogP contribution in [-0.4, -0.2) is 28.3 Å². The Hall–Kier alpha value is 0.330. The van der Waals surface area contributed by atoms with Gasteiger partial charge in [-0.05, 0) is 18.6 Å². The highest BCUT2D eigenvalue weighted by molar-refractivity contribution is 8.13. The molecule has 0 aliphatic carbocycles. The van der Waals surface area contributed by atoms with Crippen LogP contribution in [0.2, 0.25) is 0 Å². The van der Waals surface area contributed by atoms with Crippen molar-refractivity contribution in [2.75, 3.05) is 18.1 Å². The van der Waals surface area contributed by atoms with Crippen molar-refractivity contribution in [1.29, 1.82) is 0 Å². The molecule has 0 saturated heterocycles. The van der Waals surface area contributed by atoms with Crippen LogP contribution in [0.25, 0.3) is 0 Å². The van der Waals surface area contributed by atoms with Crippen LogP contribution in [0.4, 0.5) is 0 Å². The minimum Gasteiger partial charge on any atom is -0.388 e. The zero-order valence-electron chi connectivity index (χ0n) is 6.45. The minimum atomic E-state index is -0.336. The number of hydrogen-bond donors (Lipinski definition) is 2. The molecule has 66 valence electrons. The fraction of sp³-hybridized carbons (Fsp3) is 0.857. The number of carbonyl (C=O) groups is 1. The molecule has 1 N–H and O–H groups in total. The van der Waals surface area contributed by atoms with Crippen molar-refractivity contribution in [2.45, 2.75) is 19.3 Å². The number of carbonyl (C=O) groups excluding carboxylic acids is 1. The number of thioether (sulfide) groups is 1. The van der Waals surface area contributed by atoms with E-state index in [9.17, 15) is 4.79 Å². The highest BCUT2D eigenvalue weighted by Crippen LogP contribution is 2.07. The quantitative estimate of drug-likeness (QED) is 0.495. The van der Waals surface area contributed by atoms with Crippen LogP contribution in [0.15, 0.2) is 0 Å². The molecule has 0 radical (unpaired) electrons. The maximum absolute atomic E-state index is 10.5. The molecule has 0 aromatic heterocycles. The van der Waals surface area contributed by atoms with Crippen molar-refractivity contribution in [3.63, 3.8) is 0 Å². The van der Waals surface area contributed by atoms with Gasteiger partial charge in [0.1, 0.15) is 6.61 Å². The fourth-order valence-corrected chi connectivity index (χ4v) is 1.51. The Bertz CT molecular complexity index is 107. The number of hydrogen-bond acceptors (Lipinski definition) is 4. The normalized spacial score (nSPS) is 10.0. The summed E-state index contributed by atoms with van der Waals surface area (Å²) in [6.45, 7) is -0.336. The molecule has 0 aliphatic rings. The minimum absolute atomic E-state index is 0.129. The van der Waals surface area contributed by atoms with Gasteiger partial charge in [0.05, 0.1) is 0 Å². The molecule has 4 heteroatoms. The largest absolute Gasteiger partial charge is 0.388 e. The van der Waals surface area contributed by atoms with E-state index in [2.05, 4.69) is 12.6 Å². The van der Waals surface area contributed by atoms with Gasteiger partial charge >= 0.3 is 0 Å². The number of aliphatic hydroxyl groups is 1. The third kappa shape index (κ3) is 8.23. The van der Waals surface area contributed by atoms with E-state index in [-0.39, 0.29) is 11.7 Å². The average molecular weight is 194 g/mol. The Kier molecular flexibility index (Phi) is 8.68. The highest BCUT2D eigenvalue weighted by atomic mass is 32.2. The maximum atomic E-state index is 10.5. The third-order valence-corrected chi connectivity index (χ3v) is 2.45. The monoisotopic (exact) mass is 194 g/mol. The summed E-state index contributed by atoms with van der Waals surface area (Å²) in [5, 5.41) is 8.23. The number of thiol groups is 1. The number of rotatable bonds is 6. The van der Waals surface area contributed by atoms with Gasteiger partial charge in [-0.15, -0.1) is 0 Å². The first-order valence-corrected chi connectivity index (χ1v) is 5.30. The Balaban J connectivity index is 2.95. The Labute approximate surface area is 77.2 Å². The summed E-state index contributed by atoms with van der Waals surface area (Å²) in [6.07, 6.45) is 3.27. The lowest BCUT2D eigenvalue weighted by molar-refractivity contribution is -0.113. The zero-order valence-corrected chi connectivity index (χ0v) is 8.16. The van der Waals surface area contributed by atoms with E-state index in [0.717, 1.165) is 30.8 Å². The molecule has 0 aliphatic heterocycles. The van der Waals surface area contributed by atoms with Crippen LogP contribution in [0.5, 0.6) is 0 Å². The molecule has 0 aromatic carbocycles. The van der Waals surface area contributed by atoms with Crippen LogP contribution in [0, 0.1) is 0 Å². The van der Waals surface area contributed by atoms with E-state index in [1.165, 1.54) is 11.8 Å². The second-order valence-electron chi connectivity index (χ2n) is 2.16. The predicted octanol–water partition coefficient (Wildman–Crippen LogP) is 1.34. The van der Waals surface area contributed by atoms with E-state index in [0.29, 0.717) is 0 Å². The molecule has 0 saturated carbocycles. The molecule has 0 unspecified atom stereocenters. The van der Waals surface area contributed by atoms with Crippen molar-refractivity contribution >= 4 is 29.5 Å². The van der Waals surface area contributed by atoms with Gasteiger partial charge in [0.15, 0.2) is 0 Å². The fourth-order valence-electron chi connectivity index (χ4n) is 0.622. The molecule has 0 spiro atoms. The molecule has 0 heterocycles. The SMILES string of the molecule is O=C(CO)SCCCCCS. The van der Waals surface area contributed by atoms with E-state index in [1.54, 1.807) is 0 Å². The lowest BCUT2D eigenvalue weighted by Crippen LogP contribution is -1.98. The molecule has 0 bridgehead atoms. The highest BCUT2D eigenvalue weighted by Gasteiger charge is 1.98. The van der Waals surface area contributed by atoms with Crippen LogP contribution in [0.1, 0.15) is 19.3 Å². The van der Waals surface area contributed by atoms with Crippen LogP contribution in [0.3, 0.4) is 0 Å². The topological polar surface area (TPSA) is 37.3 Å². The van der Waals surface area contributed by atoms with Gasteiger partial charge in [0.2, 0.25) is 5.12 Å². The molecular weight excluding hydrogens is 180 g/mol. The standard InChI is InChI=1S/C7H14O2S2/c8-6-7(9)11-5-3-1-2-4-10/h8,10H,1-6H2. The lowest BCUT2D eigenvalue weighted by atomic mass is 10.3. The first-order chi connectivity index (χ1) is 5.31. The van der Waals surface area contributed by atoms with Crippen LogP contribution < -0.4 is 0 Å². The molecule has 0 atom stereocenters. The van der Waals surface area contributed by atoms with Gasteiger partial charge in [-0.1, -0.05) is 18.2 Å². The first kappa shape index (κ1) is 11.3. The van der Waals surface area contributed by atoms with Gasteiger partial charge < -0.3 is 5.11 Å². The van der Waals surface area contributed by atoms with Gasteiger partial charge in [0, 0.05) is 5.75 Å². The molecule has 2 nitrogen and oxygen atoms in total.